The number of hydrogen-bond donors (Lipinski definition) is 1. The van der Waals surface area contributed by atoms with Crippen molar-refractivity contribution in [3.05, 3.63) is 211 Å². The Kier molecular flexibility index (Phi) is 11.6. The molecule has 2 nitrogen and oxygen atoms in total. The lowest BCUT2D eigenvalue weighted by Gasteiger charge is -2.33. The molecule has 0 aromatic heterocycles. The van der Waals surface area contributed by atoms with Gasteiger partial charge < -0.3 is 5.11 Å². The van der Waals surface area contributed by atoms with Crippen LogP contribution in [0.4, 0.5) is 0 Å². The molecule has 0 spiro atoms. The minimum absolute atomic E-state index is 0.0646. The number of aromatic carboxylic acids is 1. The second-order valence-electron chi connectivity index (χ2n) is 12.3. The predicted molar refractivity (Wildman–Crippen MR) is 223 cm³/mol. The molecular formula is C46H39O2P3. The van der Waals surface area contributed by atoms with E-state index >= 15 is 0 Å². The van der Waals surface area contributed by atoms with Crippen molar-refractivity contribution >= 4 is 66.9 Å². The summed E-state index contributed by atoms with van der Waals surface area (Å²) in [6, 6.07) is 70.7. The smallest absolute Gasteiger partial charge is 0.336 e. The molecule has 0 radical (unpaired) electrons. The van der Waals surface area contributed by atoms with Crippen LogP contribution in [0.3, 0.4) is 0 Å². The number of carboxylic acid groups (broad SMARTS) is 1. The Morgan fingerprint density at radius 3 is 1.04 bits per heavy atom. The van der Waals surface area contributed by atoms with Gasteiger partial charge in [-0.1, -0.05) is 194 Å². The molecule has 0 atom stereocenters. The Balaban J connectivity index is 1.48. The van der Waals surface area contributed by atoms with E-state index in [0.717, 1.165) is 33.8 Å². The fraction of sp³-hybridized carbons (Fsp3) is 0.0652. The fourth-order valence-electron chi connectivity index (χ4n) is 6.72. The summed E-state index contributed by atoms with van der Waals surface area (Å²) in [7, 11) is -2.74. The van der Waals surface area contributed by atoms with Gasteiger partial charge in [0, 0.05) is 5.30 Å². The normalized spacial score (nSPS) is 11.4. The molecule has 0 saturated heterocycles. The van der Waals surface area contributed by atoms with Crippen molar-refractivity contribution in [3.8, 4) is 0 Å². The average Bonchev–Trinajstić information content (AvgIpc) is 3.20. The SMILES string of the molecule is O=C(O)c1cccc(C(CP(c2ccccc2)c2ccccc2)CP(c2ccccc2)c2ccccc2)c1P(c1ccccc1)c1ccccc1. The molecule has 7 aromatic carbocycles. The van der Waals surface area contributed by atoms with E-state index < -0.39 is 29.7 Å². The molecule has 0 aliphatic rings. The maximum atomic E-state index is 13.3. The Morgan fingerprint density at radius 1 is 0.412 bits per heavy atom. The van der Waals surface area contributed by atoms with Gasteiger partial charge in [-0.2, -0.15) is 0 Å². The van der Waals surface area contributed by atoms with Gasteiger partial charge in [-0.3, -0.25) is 0 Å². The number of carbonyl (C=O) groups is 1. The summed E-state index contributed by atoms with van der Waals surface area (Å²) in [6.07, 6.45) is 1.79. The predicted octanol–water partition coefficient (Wildman–Crippen LogP) is 8.49. The highest BCUT2D eigenvalue weighted by Gasteiger charge is 2.32. The molecule has 0 bridgehead atoms. The summed E-state index contributed by atoms with van der Waals surface area (Å²) in [5.41, 5.74) is 1.54. The topological polar surface area (TPSA) is 37.3 Å². The third-order valence-electron chi connectivity index (χ3n) is 9.07. The van der Waals surface area contributed by atoms with Crippen molar-refractivity contribution in [2.24, 2.45) is 0 Å². The van der Waals surface area contributed by atoms with Crippen LogP contribution in [0.25, 0.3) is 0 Å². The number of benzene rings is 7. The molecule has 0 saturated carbocycles. The summed E-state index contributed by atoms with van der Waals surface area (Å²) in [4.78, 5) is 13.3. The van der Waals surface area contributed by atoms with E-state index in [4.69, 9.17) is 0 Å². The Labute approximate surface area is 305 Å². The summed E-state index contributed by atoms with van der Waals surface area (Å²) >= 11 is 0. The van der Waals surface area contributed by atoms with Crippen LogP contribution in [0.1, 0.15) is 21.8 Å². The molecule has 0 aliphatic carbocycles. The van der Waals surface area contributed by atoms with Gasteiger partial charge in [0.2, 0.25) is 0 Å². The van der Waals surface area contributed by atoms with Gasteiger partial charge in [0.05, 0.1) is 5.56 Å². The summed E-state index contributed by atoms with van der Waals surface area (Å²) < 4.78 is 0. The molecule has 1 N–H and O–H groups in total. The number of carboxylic acids is 1. The van der Waals surface area contributed by atoms with Crippen LogP contribution in [0, 0.1) is 0 Å². The molecule has 0 unspecified atom stereocenters. The van der Waals surface area contributed by atoms with Crippen LogP contribution in [-0.4, -0.2) is 23.4 Å². The lowest BCUT2D eigenvalue weighted by Crippen LogP contribution is -2.32. The largest absolute Gasteiger partial charge is 0.478 e. The number of hydrogen-bond acceptors (Lipinski definition) is 1. The first-order valence-corrected chi connectivity index (χ1v) is 21.6. The van der Waals surface area contributed by atoms with Crippen molar-refractivity contribution in [2.75, 3.05) is 12.3 Å². The van der Waals surface area contributed by atoms with E-state index in [2.05, 4.69) is 176 Å². The quantitative estimate of drug-likeness (QED) is 0.122. The van der Waals surface area contributed by atoms with Gasteiger partial charge in [-0.25, -0.2) is 4.79 Å². The lowest BCUT2D eigenvalue weighted by molar-refractivity contribution is 0.0698. The van der Waals surface area contributed by atoms with E-state index in [-0.39, 0.29) is 5.92 Å². The first-order chi connectivity index (χ1) is 25.2. The minimum Gasteiger partial charge on any atom is -0.478 e. The van der Waals surface area contributed by atoms with Crippen LogP contribution < -0.4 is 37.1 Å². The molecule has 7 rings (SSSR count). The zero-order chi connectivity index (χ0) is 34.8. The van der Waals surface area contributed by atoms with Crippen molar-refractivity contribution < 1.29 is 9.90 Å². The zero-order valence-corrected chi connectivity index (χ0v) is 30.9. The molecule has 0 amide bonds. The maximum Gasteiger partial charge on any atom is 0.336 e. The van der Waals surface area contributed by atoms with Crippen LogP contribution in [0.2, 0.25) is 0 Å². The zero-order valence-electron chi connectivity index (χ0n) is 28.2. The van der Waals surface area contributed by atoms with E-state index in [1.807, 2.05) is 24.3 Å². The molecule has 0 heterocycles. The van der Waals surface area contributed by atoms with Gasteiger partial charge in [0.1, 0.15) is 0 Å². The Bertz CT molecular complexity index is 1930. The molecule has 0 aliphatic heterocycles. The van der Waals surface area contributed by atoms with Gasteiger partial charge >= 0.3 is 5.97 Å². The highest BCUT2D eigenvalue weighted by molar-refractivity contribution is 7.80. The van der Waals surface area contributed by atoms with E-state index in [1.54, 1.807) is 0 Å². The molecule has 5 heteroatoms. The van der Waals surface area contributed by atoms with Gasteiger partial charge in [0.15, 0.2) is 0 Å². The van der Waals surface area contributed by atoms with Crippen molar-refractivity contribution in [1.82, 2.24) is 0 Å². The average molecular weight is 717 g/mol. The van der Waals surface area contributed by atoms with Gasteiger partial charge in [0.25, 0.3) is 0 Å². The van der Waals surface area contributed by atoms with E-state index in [9.17, 15) is 9.90 Å². The summed E-state index contributed by atoms with van der Waals surface area (Å²) in [5.74, 6) is -0.818. The van der Waals surface area contributed by atoms with E-state index in [0.29, 0.717) is 5.56 Å². The van der Waals surface area contributed by atoms with Crippen LogP contribution in [0.5, 0.6) is 0 Å². The van der Waals surface area contributed by atoms with Crippen molar-refractivity contribution in [3.63, 3.8) is 0 Å². The van der Waals surface area contributed by atoms with Crippen LogP contribution in [-0.2, 0) is 0 Å². The third-order valence-corrected chi connectivity index (χ3v) is 16.9. The minimum atomic E-state index is -1.19. The third kappa shape index (κ3) is 8.28. The summed E-state index contributed by atoms with van der Waals surface area (Å²) in [5, 5.41) is 19.5. The monoisotopic (exact) mass is 716 g/mol. The van der Waals surface area contributed by atoms with Gasteiger partial charge in [-0.15, -0.1) is 0 Å². The number of rotatable bonds is 13. The maximum absolute atomic E-state index is 13.3. The first-order valence-electron chi connectivity index (χ1n) is 17.2. The van der Waals surface area contributed by atoms with Crippen LogP contribution >= 0.6 is 23.8 Å². The van der Waals surface area contributed by atoms with Crippen LogP contribution in [0.15, 0.2) is 200 Å². The summed E-state index contributed by atoms with van der Waals surface area (Å²) in [6.45, 7) is 0. The van der Waals surface area contributed by atoms with Crippen molar-refractivity contribution in [1.29, 1.82) is 0 Å². The van der Waals surface area contributed by atoms with Gasteiger partial charge in [-0.05, 0) is 85.5 Å². The van der Waals surface area contributed by atoms with Crippen molar-refractivity contribution in [2.45, 2.75) is 5.92 Å². The Hall–Kier alpha value is -4.70. The highest BCUT2D eigenvalue weighted by atomic mass is 31.1. The molecule has 0 fully saturated rings. The molecule has 51 heavy (non-hydrogen) atoms. The standard InChI is InChI=1S/C46H39O2P3/c47-46(48)44-33-19-32-43(45(44)51(41-28-15-5-16-29-41)42-30-17-6-18-31-42)36(34-49(37-20-7-1-8-21-37)38-22-9-2-10-23-38)35-50(39-24-11-3-12-25-39)40-26-13-4-14-27-40/h1-33,36H,34-35H2,(H,47,48). The molecular weight excluding hydrogens is 677 g/mol. The lowest BCUT2D eigenvalue weighted by atomic mass is 10.00. The first kappa shape index (κ1) is 34.7. The molecule has 250 valence electrons. The fourth-order valence-corrected chi connectivity index (χ4v) is 14.7. The Morgan fingerprint density at radius 2 is 0.725 bits per heavy atom. The highest BCUT2D eigenvalue weighted by Crippen LogP contribution is 2.47. The molecule has 7 aromatic rings. The second kappa shape index (κ2) is 17.0. The van der Waals surface area contributed by atoms with E-state index in [1.165, 1.54) is 21.2 Å². The second-order valence-corrected chi connectivity index (χ2v) is 19.0.